The smallest absolute Gasteiger partial charge is 0.162 e. The summed E-state index contributed by atoms with van der Waals surface area (Å²) in [5, 5.41) is 4.21. The second-order valence-electron chi connectivity index (χ2n) is 4.39. The summed E-state index contributed by atoms with van der Waals surface area (Å²) in [5.41, 5.74) is 1.29. The Morgan fingerprint density at radius 1 is 1.15 bits per heavy atom. The second-order valence-corrected chi connectivity index (χ2v) is 5.59. The van der Waals surface area contributed by atoms with E-state index < -0.39 is 5.82 Å². The molecule has 0 fully saturated rings. The topological polar surface area (TPSA) is 21.3 Å². The van der Waals surface area contributed by atoms with Gasteiger partial charge in [0, 0.05) is 11.6 Å². The summed E-state index contributed by atoms with van der Waals surface area (Å²) in [6.45, 7) is 0.451. The highest BCUT2D eigenvalue weighted by Gasteiger charge is 2.25. The van der Waals surface area contributed by atoms with E-state index in [1.54, 1.807) is 12.1 Å². The molecule has 1 aliphatic rings. The van der Waals surface area contributed by atoms with Crippen molar-refractivity contribution in [3.8, 4) is 5.75 Å². The number of benzene rings is 2. The number of hydrogen-bond acceptors (Lipinski definition) is 2. The van der Waals surface area contributed by atoms with Crippen molar-refractivity contribution in [2.75, 3.05) is 11.9 Å². The van der Waals surface area contributed by atoms with E-state index in [1.165, 1.54) is 12.1 Å². The Morgan fingerprint density at radius 3 is 2.75 bits per heavy atom. The van der Waals surface area contributed by atoms with Crippen LogP contribution in [0.2, 0.25) is 15.1 Å². The number of nitrogens with one attached hydrogen (secondary N) is 1. The number of rotatable bonds is 1. The monoisotopic (exact) mass is 331 g/mol. The minimum absolute atomic E-state index is 0.218. The molecule has 104 valence electrons. The average molecular weight is 333 g/mol. The fourth-order valence-corrected chi connectivity index (χ4v) is 2.82. The first-order valence-corrected chi connectivity index (χ1v) is 7.03. The summed E-state index contributed by atoms with van der Waals surface area (Å²) < 4.78 is 19.1. The van der Waals surface area contributed by atoms with Crippen molar-refractivity contribution < 1.29 is 9.13 Å². The first kappa shape index (κ1) is 13.8. The lowest BCUT2D eigenvalue weighted by Gasteiger charge is -2.29. The lowest BCUT2D eigenvalue weighted by Crippen LogP contribution is -2.24. The summed E-state index contributed by atoms with van der Waals surface area (Å²) in [6, 6.07) is 7.90. The van der Waals surface area contributed by atoms with Gasteiger partial charge in [0.25, 0.3) is 0 Å². The fourth-order valence-electron chi connectivity index (χ4n) is 2.14. The van der Waals surface area contributed by atoms with Crippen LogP contribution in [0.3, 0.4) is 0 Å². The molecule has 1 N–H and O–H groups in total. The number of fused-ring (bicyclic) bond motifs is 1. The Balaban J connectivity index is 1.98. The molecule has 0 saturated carbocycles. The van der Waals surface area contributed by atoms with E-state index in [9.17, 15) is 4.39 Å². The molecule has 0 amide bonds. The first-order valence-electron chi connectivity index (χ1n) is 5.89. The summed E-state index contributed by atoms with van der Waals surface area (Å²) >= 11 is 18.2. The van der Waals surface area contributed by atoms with E-state index >= 15 is 0 Å². The number of ether oxygens (including phenoxy) is 1. The van der Waals surface area contributed by atoms with Gasteiger partial charge in [0.2, 0.25) is 0 Å². The number of anilines is 1. The molecule has 20 heavy (non-hydrogen) atoms. The van der Waals surface area contributed by atoms with Gasteiger partial charge in [0.1, 0.15) is 11.9 Å². The predicted molar refractivity (Wildman–Crippen MR) is 79.7 cm³/mol. The molecule has 1 unspecified atom stereocenters. The van der Waals surface area contributed by atoms with Gasteiger partial charge in [-0.05, 0) is 12.1 Å². The van der Waals surface area contributed by atoms with Crippen molar-refractivity contribution in [2.24, 2.45) is 0 Å². The molecule has 6 heteroatoms. The molecule has 1 aliphatic heterocycles. The standard InChI is InChI=1S/C14H9Cl3FNO/c15-9-3-1-2-8(13(9)17)12-6-19-11-5-7(18)4-10(16)14(11)20-12/h1-5,12,19H,6H2. The highest BCUT2D eigenvalue weighted by Crippen LogP contribution is 2.42. The SMILES string of the molecule is Fc1cc(Cl)c2c(c1)NCC(c1cccc(Cl)c1Cl)O2. The maximum absolute atomic E-state index is 13.3. The Bertz CT molecular complexity index is 678. The summed E-state index contributed by atoms with van der Waals surface area (Å²) in [7, 11) is 0. The van der Waals surface area contributed by atoms with Gasteiger partial charge in [-0.15, -0.1) is 0 Å². The third-order valence-corrected chi connectivity index (χ3v) is 4.19. The van der Waals surface area contributed by atoms with E-state index in [0.29, 0.717) is 28.0 Å². The van der Waals surface area contributed by atoms with Crippen molar-refractivity contribution in [2.45, 2.75) is 6.10 Å². The number of hydrogen-bond donors (Lipinski definition) is 1. The predicted octanol–water partition coefficient (Wildman–Crippen LogP) is 5.33. The van der Waals surface area contributed by atoms with Crippen LogP contribution >= 0.6 is 34.8 Å². The average Bonchev–Trinajstić information content (AvgIpc) is 2.41. The fraction of sp³-hybridized carbons (Fsp3) is 0.143. The Labute approximate surface area is 130 Å². The van der Waals surface area contributed by atoms with Crippen molar-refractivity contribution in [1.82, 2.24) is 0 Å². The van der Waals surface area contributed by atoms with Gasteiger partial charge in [-0.1, -0.05) is 46.9 Å². The van der Waals surface area contributed by atoms with E-state index in [-0.39, 0.29) is 11.1 Å². The molecule has 2 nitrogen and oxygen atoms in total. The van der Waals surface area contributed by atoms with Gasteiger partial charge in [-0.3, -0.25) is 0 Å². The normalized spacial score (nSPS) is 17.1. The summed E-state index contributed by atoms with van der Waals surface area (Å²) in [6.07, 6.45) is -0.336. The van der Waals surface area contributed by atoms with Gasteiger partial charge in [0.15, 0.2) is 5.75 Å². The molecule has 1 atom stereocenters. The molecule has 2 aromatic carbocycles. The van der Waals surface area contributed by atoms with Gasteiger partial charge in [-0.25, -0.2) is 4.39 Å². The Kier molecular flexibility index (Phi) is 3.67. The lowest BCUT2D eigenvalue weighted by atomic mass is 10.1. The molecule has 0 aromatic heterocycles. The van der Waals surface area contributed by atoms with Crippen LogP contribution in [-0.2, 0) is 0 Å². The number of halogens is 4. The van der Waals surface area contributed by atoms with Crippen LogP contribution in [0, 0.1) is 5.82 Å². The molecular formula is C14H9Cl3FNO. The Morgan fingerprint density at radius 2 is 1.95 bits per heavy atom. The quantitative estimate of drug-likeness (QED) is 0.762. The zero-order valence-electron chi connectivity index (χ0n) is 10.1. The van der Waals surface area contributed by atoms with Crippen LogP contribution in [0.15, 0.2) is 30.3 Å². The first-order chi connectivity index (χ1) is 9.56. The van der Waals surface area contributed by atoms with E-state index in [4.69, 9.17) is 39.5 Å². The largest absolute Gasteiger partial charge is 0.480 e. The molecule has 0 radical (unpaired) electrons. The zero-order chi connectivity index (χ0) is 14.3. The second kappa shape index (κ2) is 5.32. The van der Waals surface area contributed by atoms with Crippen molar-refractivity contribution >= 4 is 40.5 Å². The molecule has 0 spiro atoms. The van der Waals surface area contributed by atoms with Crippen LogP contribution in [0.1, 0.15) is 11.7 Å². The van der Waals surface area contributed by atoms with Gasteiger partial charge in [0.05, 0.1) is 27.3 Å². The third kappa shape index (κ3) is 2.41. The third-order valence-electron chi connectivity index (χ3n) is 3.07. The summed E-state index contributed by atoms with van der Waals surface area (Å²) in [5.74, 6) is 0.00412. The van der Waals surface area contributed by atoms with Gasteiger partial charge >= 0.3 is 0 Å². The van der Waals surface area contributed by atoms with Gasteiger partial charge < -0.3 is 10.1 Å². The highest BCUT2D eigenvalue weighted by atomic mass is 35.5. The van der Waals surface area contributed by atoms with Crippen LogP contribution in [0.5, 0.6) is 5.75 Å². The van der Waals surface area contributed by atoms with Crippen LogP contribution in [-0.4, -0.2) is 6.54 Å². The maximum atomic E-state index is 13.3. The Hall–Kier alpha value is -1.16. The molecular weight excluding hydrogens is 324 g/mol. The molecule has 0 aliphatic carbocycles. The minimum Gasteiger partial charge on any atom is -0.480 e. The summed E-state index contributed by atoms with van der Waals surface area (Å²) in [4.78, 5) is 0. The van der Waals surface area contributed by atoms with E-state index in [2.05, 4.69) is 5.32 Å². The van der Waals surface area contributed by atoms with Gasteiger partial charge in [-0.2, -0.15) is 0 Å². The highest BCUT2D eigenvalue weighted by molar-refractivity contribution is 6.42. The van der Waals surface area contributed by atoms with Crippen molar-refractivity contribution in [3.05, 3.63) is 56.8 Å². The minimum atomic E-state index is -0.413. The zero-order valence-corrected chi connectivity index (χ0v) is 12.4. The maximum Gasteiger partial charge on any atom is 0.162 e. The van der Waals surface area contributed by atoms with E-state index in [1.807, 2.05) is 6.07 Å². The van der Waals surface area contributed by atoms with Crippen molar-refractivity contribution in [1.29, 1.82) is 0 Å². The molecule has 0 bridgehead atoms. The van der Waals surface area contributed by atoms with E-state index in [0.717, 1.165) is 5.56 Å². The molecule has 3 rings (SSSR count). The van der Waals surface area contributed by atoms with Crippen molar-refractivity contribution in [3.63, 3.8) is 0 Å². The molecule has 0 saturated heterocycles. The van der Waals surface area contributed by atoms with Crippen LogP contribution in [0.4, 0.5) is 10.1 Å². The molecule has 2 aromatic rings. The lowest BCUT2D eigenvalue weighted by molar-refractivity contribution is 0.210. The molecule has 1 heterocycles. The van der Waals surface area contributed by atoms with Crippen LogP contribution < -0.4 is 10.1 Å². The van der Waals surface area contributed by atoms with Crippen LogP contribution in [0.25, 0.3) is 0 Å².